The van der Waals surface area contributed by atoms with Crippen LogP contribution in [-0.4, -0.2) is 58.3 Å². The van der Waals surface area contributed by atoms with Crippen molar-refractivity contribution < 1.29 is 18.0 Å². The van der Waals surface area contributed by atoms with Crippen molar-refractivity contribution in [3.63, 3.8) is 0 Å². The maximum Gasteiger partial charge on any atom is 0.273 e. The summed E-state index contributed by atoms with van der Waals surface area (Å²) in [5.41, 5.74) is 2.25. The van der Waals surface area contributed by atoms with Gasteiger partial charge in [-0.1, -0.05) is 0 Å². The second-order valence-corrected chi connectivity index (χ2v) is 9.90. The van der Waals surface area contributed by atoms with E-state index in [1.807, 2.05) is 0 Å². The number of fused-ring (bicyclic) bond motifs is 1. The van der Waals surface area contributed by atoms with E-state index in [1.165, 1.54) is 5.01 Å². The lowest BCUT2D eigenvalue weighted by Crippen LogP contribution is -2.42. The van der Waals surface area contributed by atoms with E-state index < -0.39 is 15.9 Å². The lowest BCUT2D eigenvalue weighted by Gasteiger charge is -2.27. The first kappa shape index (κ1) is 17.5. The van der Waals surface area contributed by atoms with Crippen LogP contribution in [0.3, 0.4) is 0 Å². The zero-order valence-electron chi connectivity index (χ0n) is 14.3. The highest BCUT2D eigenvalue weighted by molar-refractivity contribution is 7.98. The molecule has 1 fully saturated rings. The molecular weight excluding hydrogens is 378 g/mol. The van der Waals surface area contributed by atoms with Crippen LogP contribution in [0.5, 0.6) is 0 Å². The number of hydrogen-bond acceptors (Lipinski definition) is 7. The predicted molar refractivity (Wildman–Crippen MR) is 97.4 cm³/mol. The van der Waals surface area contributed by atoms with E-state index in [4.69, 9.17) is 0 Å². The van der Waals surface area contributed by atoms with Crippen molar-refractivity contribution in [1.29, 1.82) is 0 Å². The largest absolute Gasteiger partial charge is 0.305 e. The third-order valence-corrected chi connectivity index (χ3v) is 7.54. The van der Waals surface area contributed by atoms with Gasteiger partial charge in [-0.2, -0.15) is 22.0 Å². The third-order valence-electron chi connectivity index (χ3n) is 4.82. The van der Waals surface area contributed by atoms with Crippen molar-refractivity contribution in [2.45, 2.75) is 36.8 Å². The zero-order chi connectivity index (χ0) is 18.5. The topological polar surface area (TPSA) is 114 Å². The molecular formula is C15H19N5O4S2. The van der Waals surface area contributed by atoms with Crippen LogP contribution in [0, 0.1) is 0 Å². The van der Waals surface area contributed by atoms with Gasteiger partial charge in [0.2, 0.25) is 5.91 Å². The number of rotatable bonds is 3. The summed E-state index contributed by atoms with van der Waals surface area (Å²) in [6.07, 6.45) is 0.760. The van der Waals surface area contributed by atoms with Gasteiger partial charge in [0.15, 0.2) is 9.84 Å². The number of carbonyl (C=O) groups is 2. The normalized spacial score (nSPS) is 24.5. The molecule has 11 heteroatoms. The molecule has 0 aromatic carbocycles. The van der Waals surface area contributed by atoms with Crippen LogP contribution in [0.2, 0.25) is 0 Å². The van der Waals surface area contributed by atoms with E-state index in [0.29, 0.717) is 12.2 Å². The lowest BCUT2D eigenvalue weighted by atomic mass is 10.1. The minimum atomic E-state index is -3.14. The number of hydrogen-bond donors (Lipinski definition) is 1. The second-order valence-electron chi connectivity index (χ2n) is 6.69. The van der Waals surface area contributed by atoms with E-state index >= 15 is 0 Å². The molecule has 0 unspecified atom stereocenters. The Balaban J connectivity index is 1.54. The smallest absolute Gasteiger partial charge is 0.273 e. The standard InChI is InChI=1S/C15H19N5O4S2/c1-19-14(10-6-25-7-12(10)17-19)16-15(22)11-2-3-13(21)20(18-11)9-4-5-26(23,24)8-9/h9H,2-8H2,1H3,(H,16,22)/t9-/m1/s1. The van der Waals surface area contributed by atoms with E-state index in [2.05, 4.69) is 15.5 Å². The molecule has 0 aliphatic carbocycles. The molecule has 1 aromatic rings. The summed E-state index contributed by atoms with van der Waals surface area (Å²) >= 11 is 1.75. The summed E-state index contributed by atoms with van der Waals surface area (Å²) in [5, 5.41) is 12.7. The first-order valence-electron chi connectivity index (χ1n) is 8.38. The summed E-state index contributed by atoms with van der Waals surface area (Å²) in [6.45, 7) is 0. The fourth-order valence-corrected chi connectivity index (χ4v) is 6.19. The molecule has 1 N–H and O–H groups in total. The summed E-state index contributed by atoms with van der Waals surface area (Å²) in [7, 11) is -1.36. The monoisotopic (exact) mass is 397 g/mol. The van der Waals surface area contributed by atoms with Crippen molar-refractivity contribution in [3.05, 3.63) is 11.3 Å². The summed E-state index contributed by atoms with van der Waals surface area (Å²) < 4.78 is 25.0. The summed E-state index contributed by atoms with van der Waals surface area (Å²) in [5.74, 6) is 1.65. The highest BCUT2D eigenvalue weighted by Crippen LogP contribution is 2.34. The average Bonchev–Trinajstić information content (AvgIpc) is 3.25. The van der Waals surface area contributed by atoms with E-state index in [-0.39, 0.29) is 41.9 Å². The molecule has 4 heterocycles. The SMILES string of the molecule is Cn1nc2c(c1NC(=O)C1=NN([C@@H]3CCS(=O)(=O)C3)C(=O)CC1)CSC2. The first-order chi connectivity index (χ1) is 12.3. The van der Waals surface area contributed by atoms with Crippen LogP contribution in [0.1, 0.15) is 30.5 Å². The summed E-state index contributed by atoms with van der Waals surface area (Å²) in [6, 6.07) is -0.479. The van der Waals surface area contributed by atoms with Gasteiger partial charge >= 0.3 is 0 Å². The highest BCUT2D eigenvalue weighted by atomic mass is 32.2. The van der Waals surface area contributed by atoms with Gasteiger partial charge in [0.1, 0.15) is 11.5 Å². The predicted octanol–water partition coefficient (Wildman–Crippen LogP) is 0.271. The fraction of sp³-hybridized carbons (Fsp3) is 0.600. The minimum Gasteiger partial charge on any atom is -0.305 e. The van der Waals surface area contributed by atoms with Crippen LogP contribution in [0.15, 0.2) is 5.10 Å². The van der Waals surface area contributed by atoms with Crippen molar-refractivity contribution in [3.8, 4) is 0 Å². The number of hydrazone groups is 1. The lowest BCUT2D eigenvalue weighted by molar-refractivity contribution is -0.133. The van der Waals surface area contributed by atoms with Crippen molar-refractivity contribution in [2.75, 3.05) is 16.8 Å². The number of sulfone groups is 1. The quantitative estimate of drug-likeness (QED) is 0.783. The molecule has 1 aromatic heterocycles. The van der Waals surface area contributed by atoms with Gasteiger partial charge in [-0.05, 0) is 6.42 Å². The molecule has 0 radical (unpaired) electrons. The Kier molecular flexibility index (Phi) is 4.30. The first-order valence-corrected chi connectivity index (χ1v) is 11.4. The Morgan fingerprint density at radius 2 is 2.12 bits per heavy atom. The fourth-order valence-electron chi connectivity index (χ4n) is 3.47. The Labute approximate surface area is 155 Å². The number of nitrogens with zero attached hydrogens (tertiary/aromatic N) is 4. The van der Waals surface area contributed by atoms with Gasteiger partial charge in [-0.15, -0.1) is 0 Å². The molecule has 1 saturated heterocycles. The number of aromatic nitrogens is 2. The van der Waals surface area contributed by atoms with Crippen LogP contribution in [-0.2, 0) is 38.0 Å². The number of thioether (sulfide) groups is 1. The highest BCUT2D eigenvalue weighted by Gasteiger charge is 2.37. The molecule has 4 rings (SSSR count). The Morgan fingerprint density at radius 1 is 1.31 bits per heavy atom. The molecule has 0 saturated carbocycles. The number of amides is 2. The summed E-state index contributed by atoms with van der Waals surface area (Å²) in [4.78, 5) is 24.8. The second kappa shape index (κ2) is 6.38. The molecule has 26 heavy (non-hydrogen) atoms. The van der Waals surface area contributed by atoms with Gasteiger partial charge in [0.25, 0.3) is 5.91 Å². The third kappa shape index (κ3) is 3.13. The molecule has 3 aliphatic rings. The number of anilines is 1. The van der Waals surface area contributed by atoms with Gasteiger partial charge in [-0.25, -0.2) is 13.4 Å². The number of carbonyl (C=O) groups excluding carboxylic acids is 2. The molecule has 1 atom stereocenters. The zero-order valence-corrected chi connectivity index (χ0v) is 15.9. The van der Waals surface area contributed by atoms with Crippen molar-refractivity contribution in [2.24, 2.45) is 12.1 Å². The number of nitrogens with one attached hydrogen (secondary N) is 1. The molecule has 9 nitrogen and oxygen atoms in total. The Bertz CT molecular complexity index is 921. The van der Waals surface area contributed by atoms with E-state index in [1.54, 1.807) is 23.5 Å². The van der Waals surface area contributed by atoms with Gasteiger partial charge in [-0.3, -0.25) is 14.3 Å². The van der Waals surface area contributed by atoms with Crippen LogP contribution in [0.4, 0.5) is 5.82 Å². The van der Waals surface area contributed by atoms with Crippen LogP contribution < -0.4 is 5.32 Å². The maximum absolute atomic E-state index is 12.7. The number of aryl methyl sites for hydroxylation is 1. The maximum atomic E-state index is 12.7. The molecule has 140 valence electrons. The van der Waals surface area contributed by atoms with Crippen molar-refractivity contribution >= 4 is 44.9 Å². The average molecular weight is 397 g/mol. The molecule has 2 amide bonds. The Hall–Kier alpha value is -1.88. The molecule has 3 aliphatic heterocycles. The van der Waals surface area contributed by atoms with Crippen LogP contribution >= 0.6 is 11.8 Å². The van der Waals surface area contributed by atoms with Gasteiger partial charge < -0.3 is 5.32 Å². The van der Waals surface area contributed by atoms with Gasteiger partial charge in [0, 0.05) is 37.0 Å². The van der Waals surface area contributed by atoms with E-state index in [0.717, 1.165) is 22.8 Å². The van der Waals surface area contributed by atoms with Crippen LogP contribution in [0.25, 0.3) is 0 Å². The Morgan fingerprint density at radius 3 is 2.85 bits per heavy atom. The molecule has 0 spiro atoms. The van der Waals surface area contributed by atoms with E-state index in [9.17, 15) is 18.0 Å². The van der Waals surface area contributed by atoms with Gasteiger partial charge in [0.05, 0.1) is 23.2 Å². The minimum absolute atomic E-state index is 0.0529. The van der Waals surface area contributed by atoms with Crippen molar-refractivity contribution in [1.82, 2.24) is 14.8 Å². The molecule has 0 bridgehead atoms.